The lowest BCUT2D eigenvalue weighted by atomic mass is 10.1. The molecule has 0 aliphatic carbocycles. The average molecular weight is 257 g/mol. The van der Waals surface area contributed by atoms with Crippen LogP contribution in [-0.4, -0.2) is 10.2 Å². The van der Waals surface area contributed by atoms with Gasteiger partial charge in [0.2, 0.25) is 5.89 Å². The number of aromatic nitrogens is 2. The summed E-state index contributed by atoms with van der Waals surface area (Å²) in [6, 6.07) is 8.45. The molecule has 0 atom stereocenters. The van der Waals surface area contributed by atoms with E-state index < -0.39 is 0 Å². The fraction of sp³-hybridized carbons (Fsp3) is 0.286. The van der Waals surface area contributed by atoms with Gasteiger partial charge in [-0.1, -0.05) is 25.0 Å². The van der Waals surface area contributed by atoms with Crippen molar-refractivity contribution in [3.8, 4) is 0 Å². The van der Waals surface area contributed by atoms with Gasteiger partial charge in [-0.25, -0.2) is 0 Å². The first kappa shape index (κ1) is 11.8. The van der Waals surface area contributed by atoms with E-state index in [-0.39, 0.29) is 5.92 Å². The minimum Gasteiger partial charge on any atom is -0.464 e. The van der Waals surface area contributed by atoms with Gasteiger partial charge in [0.1, 0.15) is 5.58 Å². The van der Waals surface area contributed by atoms with E-state index in [1.165, 1.54) is 0 Å². The van der Waals surface area contributed by atoms with Crippen LogP contribution in [0.1, 0.15) is 31.2 Å². The Morgan fingerprint density at radius 2 is 2.11 bits per heavy atom. The average Bonchev–Trinajstić information content (AvgIpc) is 3.04. The van der Waals surface area contributed by atoms with E-state index in [0.717, 1.165) is 16.5 Å². The largest absolute Gasteiger partial charge is 0.464 e. The Morgan fingerprint density at radius 3 is 2.89 bits per heavy atom. The maximum Gasteiger partial charge on any atom is 0.315 e. The van der Waals surface area contributed by atoms with Crippen molar-refractivity contribution in [1.29, 1.82) is 0 Å². The first-order chi connectivity index (χ1) is 9.22. The van der Waals surface area contributed by atoms with Gasteiger partial charge in [-0.2, -0.15) is 0 Å². The molecule has 98 valence electrons. The predicted molar refractivity (Wildman–Crippen MR) is 71.9 cm³/mol. The molecule has 19 heavy (non-hydrogen) atoms. The van der Waals surface area contributed by atoms with Crippen LogP contribution >= 0.6 is 0 Å². The minimum absolute atomic E-state index is 0.241. The first-order valence-electron chi connectivity index (χ1n) is 6.26. The highest BCUT2D eigenvalue weighted by atomic mass is 16.4. The van der Waals surface area contributed by atoms with Crippen LogP contribution in [0.4, 0.5) is 6.01 Å². The van der Waals surface area contributed by atoms with Crippen LogP contribution in [0.3, 0.4) is 0 Å². The molecule has 0 aliphatic rings. The van der Waals surface area contributed by atoms with E-state index in [0.29, 0.717) is 18.5 Å². The smallest absolute Gasteiger partial charge is 0.315 e. The van der Waals surface area contributed by atoms with Gasteiger partial charge in [0.25, 0.3) is 0 Å². The molecule has 0 saturated heterocycles. The summed E-state index contributed by atoms with van der Waals surface area (Å²) in [4.78, 5) is 0. The number of nitrogens with one attached hydrogen (secondary N) is 1. The first-order valence-corrected chi connectivity index (χ1v) is 6.26. The summed E-state index contributed by atoms with van der Waals surface area (Å²) in [5.74, 6) is 0.887. The molecule has 5 heteroatoms. The van der Waals surface area contributed by atoms with Crippen molar-refractivity contribution in [2.45, 2.75) is 26.3 Å². The molecule has 2 heterocycles. The number of rotatable bonds is 4. The number of fused-ring (bicyclic) bond motifs is 1. The van der Waals surface area contributed by atoms with E-state index in [4.69, 9.17) is 8.83 Å². The number of hydrogen-bond donors (Lipinski definition) is 1. The zero-order chi connectivity index (χ0) is 13.2. The topological polar surface area (TPSA) is 64.1 Å². The molecule has 0 spiro atoms. The molecule has 5 nitrogen and oxygen atoms in total. The maximum absolute atomic E-state index is 5.49. The van der Waals surface area contributed by atoms with Gasteiger partial charge in [0.05, 0.1) is 6.26 Å². The molecule has 0 unspecified atom stereocenters. The number of benzene rings is 1. The third-order valence-corrected chi connectivity index (χ3v) is 2.90. The predicted octanol–water partition coefficient (Wildman–Crippen LogP) is 3.55. The quantitative estimate of drug-likeness (QED) is 0.774. The molecule has 0 radical (unpaired) electrons. The molecule has 3 rings (SSSR count). The van der Waals surface area contributed by atoms with Gasteiger partial charge in [0, 0.05) is 17.8 Å². The number of hydrogen-bond acceptors (Lipinski definition) is 5. The van der Waals surface area contributed by atoms with E-state index in [9.17, 15) is 0 Å². The van der Waals surface area contributed by atoms with Crippen molar-refractivity contribution in [2.75, 3.05) is 5.32 Å². The van der Waals surface area contributed by atoms with E-state index in [1.54, 1.807) is 6.26 Å². The SMILES string of the molecule is CC(C)c1nnc(NCc2ccc3occc3c2)o1. The van der Waals surface area contributed by atoms with Crippen molar-refractivity contribution < 1.29 is 8.83 Å². The Bertz CT molecular complexity index is 685. The third-order valence-electron chi connectivity index (χ3n) is 2.90. The molecule has 0 aliphatic heterocycles. The van der Waals surface area contributed by atoms with E-state index in [1.807, 2.05) is 32.0 Å². The van der Waals surface area contributed by atoms with Crippen molar-refractivity contribution in [3.05, 3.63) is 42.0 Å². The van der Waals surface area contributed by atoms with Gasteiger partial charge >= 0.3 is 6.01 Å². The van der Waals surface area contributed by atoms with Crippen LogP contribution in [0.25, 0.3) is 11.0 Å². The molecule has 0 fully saturated rings. The van der Waals surface area contributed by atoms with Crippen LogP contribution in [0, 0.1) is 0 Å². The van der Waals surface area contributed by atoms with Gasteiger partial charge in [-0.3, -0.25) is 0 Å². The van der Waals surface area contributed by atoms with Crippen LogP contribution in [0.15, 0.2) is 39.4 Å². The molecule has 1 N–H and O–H groups in total. The Hall–Kier alpha value is -2.30. The minimum atomic E-state index is 0.241. The van der Waals surface area contributed by atoms with E-state index in [2.05, 4.69) is 21.6 Å². The van der Waals surface area contributed by atoms with Crippen LogP contribution in [0.5, 0.6) is 0 Å². The number of anilines is 1. The van der Waals surface area contributed by atoms with Gasteiger partial charge in [0.15, 0.2) is 0 Å². The summed E-state index contributed by atoms with van der Waals surface area (Å²) in [5.41, 5.74) is 2.03. The summed E-state index contributed by atoms with van der Waals surface area (Å²) >= 11 is 0. The van der Waals surface area contributed by atoms with Crippen molar-refractivity contribution in [3.63, 3.8) is 0 Å². The second-order valence-electron chi connectivity index (χ2n) is 4.75. The van der Waals surface area contributed by atoms with Crippen LogP contribution in [-0.2, 0) is 6.54 Å². The van der Waals surface area contributed by atoms with Crippen molar-refractivity contribution >= 4 is 17.0 Å². The standard InChI is InChI=1S/C14H15N3O2/c1-9(2)13-16-17-14(19-13)15-8-10-3-4-12-11(7-10)5-6-18-12/h3-7,9H,8H2,1-2H3,(H,15,17). The monoisotopic (exact) mass is 257 g/mol. The zero-order valence-electron chi connectivity index (χ0n) is 10.9. The van der Waals surface area contributed by atoms with Gasteiger partial charge in [-0.05, 0) is 23.8 Å². The second kappa shape index (κ2) is 4.76. The number of furan rings is 1. The fourth-order valence-corrected chi connectivity index (χ4v) is 1.84. The Morgan fingerprint density at radius 1 is 1.21 bits per heavy atom. The molecular weight excluding hydrogens is 242 g/mol. The molecule has 3 aromatic rings. The highest BCUT2D eigenvalue weighted by Gasteiger charge is 2.09. The summed E-state index contributed by atoms with van der Waals surface area (Å²) in [7, 11) is 0. The molecule has 0 saturated carbocycles. The van der Waals surface area contributed by atoms with Crippen molar-refractivity contribution in [1.82, 2.24) is 10.2 Å². The molecule has 1 aromatic carbocycles. The van der Waals surface area contributed by atoms with Crippen LogP contribution in [0.2, 0.25) is 0 Å². The highest BCUT2D eigenvalue weighted by molar-refractivity contribution is 5.77. The lowest BCUT2D eigenvalue weighted by molar-refractivity contribution is 0.480. The normalized spacial score (nSPS) is 11.3. The highest BCUT2D eigenvalue weighted by Crippen LogP contribution is 2.19. The summed E-state index contributed by atoms with van der Waals surface area (Å²) in [5, 5.41) is 12.1. The Kier molecular flexibility index (Phi) is 2.95. The molecular formula is C14H15N3O2. The zero-order valence-corrected chi connectivity index (χ0v) is 10.9. The summed E-state index contributed by atoms with van der Waals surface area (Å²) < 4.78 is 10.8. The van der Waals surface area contributed by atoms with E-state index >= 15 is 0 Å². The summed E-state index contributed by atoms with van der Waals surface area (Å²) in [6.45, 7) is 4.68. The summed E-state index contributed by atoms with van der Waals surface area (Å²) in [6.07, 6.45) is 1.69. The Labute approximate surface area is 110 Å². The molecule has 0 bridgehead atoms. The fourth-order valence-electron chi connectivity index (χ4n) is 1.84. The molecule has 0 amide bonds. The van der Waals surface area contributed by atoms with Crippen LogP contribution < -0.4 is 5.32 Å². The lowest BCUT2D eigenvalue weighted by Crippen LogP contribution is -1.99. The van der Waals surface area contributed by atoms with Gasteiger partial charge < -0.3 is 14.2 Å². The van der Waals surface area contributed by atoms with Crippen molar-refractivity contribution in [2.24, 2.45) is 0 Å². The third kappa shape index (κ3) is 2.45. The Balaban J connectivity index is 1.70. The molecule has 2 aromatic heterocycles. The second-order valence-corrected chi connectivity index (χ2v) is 4.75. The number of nitrogens with zero attached hydrogens (tertiary/aromatic N) is 2. The van der Waals surface area contributed by atoms with Gasteiger partial charge in [-0.15, -0.1) is 5.10 Å². The maximum atomic E-state index is 5.49. The lowest BCUT2D eigenvalue weighted by Gasteiger charge is -2.02.